The standard InChI is InChI=1S/C18H13F3N6/c1-10-6-7-14-12(8-10)15-16(23-14)24-17(27-25-15)26-22-9-11-4-2-3-5-13(11)18(19,20)21/h2-9H,1H3,(H2,23,24,26,27). The summed E-state index contributed by atoms with van der Waals surface area (Å²) in [5.41, 5.74) is 4.77. The molecular formula is C18H13F3N6. The summed E-state index contributed by atoms with van der Waals surface area (Å²) in [4.78, 5) is 7.40. The van der Waals surface area contributed by atoms with Crippen molar-refractivity contribution in [3.63, 3.8) is 0 Å². The van der Waals surface area contributed by atoms with Gasteiger partial charge in [0.1, 0.15) is 5.52 Å². The zero-order chi connectivity index (χ0) is 19.0. The molecule has 2 N–H and O–H groups in total. The van der Waals surface area contributed by atoms with E-state index in [1.165, 1.54) is 18.2 Å². The first-order valence-corrected chi connectivity index (χ1v) is 8.00. The Kier molecular flexibility index (Phi) is 3.98. The Morgan fingerprint density at radius 2 is 1.93 bits per heavy atom. The number of hydrogen-bond donors (Lipinski definition) is 2. The molecule has 0 bridgehead atoms. The first-order valence-electron chi connectivity index (χ1n) is 8.00. The molecule has 0 aliphatic carbocycles. The van der Waals surface area contributed by atoms with Crippen LogP contribution in [0.2, 0.25) is 0 Å². The molecule has 0 saturated carbocycles. The number of aromatic amines is 1. The van der Waals surface area contributed by atoms with Crippen molar-refractivity contribution in [1.82, 2.24) is 20.2 Å². The van der Waals surface area contributed by atoms with Crippen molar-refractivity contribution < 1.29 is 13.2 Å². The van der Waals surface area contributed by atoms with Crippen LogP contribution in [0, 0.1) is 6.92 Å². The van der Waals surface area contributed by atoms with Crippen LogP contribution in [0.25, 0.3) is 22.1 Å². The van der Waals surface area contributed by atoms with E-state index in [9.17, 15) is 13.2 Å². The molecule has 2 aromatic carbocycles. The van der Waals surface area contributed by atoms with Gasteiger partial charge in [-0.05, 0) is 25.1 Å². The molecule has 0 saturated heterocycles. The predicted molar refractivity (Wildman–Crippen MR) is 96.6 cm³/mol. The molecule has 9 heteroatoms. The van der Waals surface area contributed by atoms with Crippen LogP contribution in [0.4, 0.5) is 19.1 Å². The Morgan fingerprint density at radius 1 is 1.11 bits per heavy atom. The number of halogens is 3. The van der Waals surface area contributed by atoms with Crippen molar-refractivity contribution in [2.45, 2.75) is 13.1 Å². The number of hydrogen-bond acceptors (Lipinski definition) is 5. The maximum Gasteiger partial charge on any atom is 0.417 e. The maximum atomic E-state index is 13.0. The summed E-state index contributed by atoms with van der Waals surface area (Å²) in [6, 6.07) is 11.0. The molecule has 0 fully saturated rings. The molecule has 0 spiro atoms. The Labute approximate surface area is 151 Å². The second-order valence-electron chi connectivity index (χ2n) is 5.96. The Balaban J connectivity index is 1.61. The molecule has 0 unspecified atom stereocenters. The molecule has 6 nitrogen and oxygen atoms in total. The van der Waals surface area contributed by atoms with E-state index in [1.54, 1.807) is 0 Å². The number of hydrazone groups is 1. The molecular weight excluding hydrogens is 357 g/mol. The fourth-order valence-corrected chi connectivity index (χ4v) is 2.76. The van der Waals surface area contributed by atoms with E-state index in [2.05, 4.69) is 30.7 Å². The molecule has 2 aromatic heterocycles. The number of aryl methyl sites for hydroxylation is 1. The van der Waals surface area contributed by atoms with Gasteiger partial charge in [-0.2, -0.15) is 23.3 Å². The number of nitrogens with one attached hydrogen (secondary N) is 2. The van der Waals surface area contributed by atoms with Crippen molar-refractivity contribution in [2.75, 3.05) is 5.43 Å². The van der Waals surface area contributed by atoms with E-state index in [4.69, 9.17) is 0 Å². The normalized spacial score (nSPS) is 12.3. The third-order valence-electron chi connectivity index (χ3n) is 4.00. The molecule has 136 valence electrons. The average Bonchev–Trinajstić information content (AvgIpc) is 2.98. The molecule has 0 aliphatic rings. The molecule has 0 radical (unpaired) electrons. The summed E-state index contributed by atoms with van der Waals surface area (Å²) >= 11 is 0. The second-order valence-corrected chi connectivity index (χ2v) is 5.96. The number of anilines is 1. The highest BCUT2D eigenvalue weighted by atomic mass is 19.4. The van der Waals surface area contributed by atoms with Crippen LogP contribution in [0.1, 0.15) is 16.7 Å². The van der Waals surface area contributed by atoms with E-state index in [0.717, 1.165) is 28.7 Å². The van der Waals surface area contributed by atoms with Gasteiger partial charge < -0.3 is 4.98 Å². The number of rotatable bonds is 3. The van der Waals surface area contributed by atoms with Crippen molar-refractivity contribution >= 4 is 34.2 Å². The van der Waals surface area contributed by atoms with E-state index in [0.29, 0.717) is 11.2 Å². The van der Waals surface area contributed by atoms with Gasteiger partial charge in [-0.1, -0.05) is 29.8 Å². The number of nitrogens with zero attached hydrogens (tertiary/aromatic N) is 4. The number of fused-ring (bicyclic) bond motifs is 3. The molecule has 4 rings (SSSR count). The van der Waals surface area contributed by atoms with E-state index < -0.39 is 11.7 Å². The highest BCUT2D eigenvalue weighted by Crippen LogP contribution is 2.31. The minimum Gasteiger partial charge on any atom is -0.338 e. The molecule has 0 aliphatic heterocycles. The van der Waals surface area contributed by atoms with Gasteiger partial charge in [0.25, 0.3) is 5.95 Å². The first kappa shape index (κ1) is 17.0. The quantitative estimate of drug-likeness (QED) is 0.417. The zero-order valence-corrected chi connectivity index (χ0v) is 14.0. The van der Waals surface area contributed by atoms with E-state index >= 15 is 0 Å². The van der Waals surface area contributed by atoms with Crippen molar-refractivity contribution in [3.05, 3.63) is 59.2 Å². The number of H-pyrrole nitrogens is 1. The van der Waals surface area contributed by atoms with Gasteiger partial charge in [0.05, 0.1) is 11.8 Å². The Hall–Kier alpha value is -3.49. The summed E-state index contributed by atoms with van der Waals surface area (Å²) in [5.74, 6) is 0.0755. The van der Waals surface area contributed by atoms with Gasteiger partial charge in [-0.3, -0.25) is 0 Å². The number of aromatic nitrogens is 4. The Bertz CT molecular complexity index is 1160. The fourth-order valence-electron chi connectivity index (χ4n) is 2.76. The lowest BCUT2D eigenvalue weighted by atomic mass is 10.1. The lowest BCUT2D eigenvalue weighted by Crippen LogP contribution is -2.09. The van der Waals surface area contributed by atoms with Crippen LogP contribution in [-0.4, -0.2) is 26.4 Å². The molecule has 27 heavy (non-hydrogen) atoms. The van der Waals surface area contributed by atoms with Crippen LogP contribution in [0.15, 0.2) is 47.6 Å². The van der Waals surface area contributed by atoms with E-state index in [-0.39, 0.29) is 11.5 Å². The summed E-state index contributed by atoms with van der Waals surface area (Å²) < 4.78 is 38.9. The largest absolute Gasteiger partial charge is 0.417 e. The highest BCUT2D eigenvalue weighted by Gasteiger charge is 2.32. The van der Waals surface area contributed by atoms with Gasteiger partial charge in [0, 0.05) is 16.5 Å². The Morgan fingerprint density at radius 3 is 2.74 bits per heavy atom. The minimum absolute atomic E-state index is 0.0624. The van der Waals surface area contributed by atoms with Crippen LogP contribution in [0.5, 0.6) is 0 Å². The van der Waals surface area contributed by atoms with Crippen molar-refractivity contribution in [1.29, 1.82) is 0 Å². The van der Waals surface area contributed by atoms with Crippen LogP contribution in [0.3, 0.4) is 0 Å². The third kappa shape index (κ3) is 3.31. The molecule has 4 aromatic rings. The average molecular weight is 370 g/mol. The summed E-state index contributed by atoms with van der Waals surface area (Å²) in [6.45, 7) is 1.97. The SMILES string of the molecule is Cc1ccc2[nH]c3nc(NN=Cc4ccccc4C(F)(F)F)nnc3c2c1. The van der Waals surface area contributed by atoms with Gasteiger partial charge in [-0.25, -0.2) is 5.43 Å². The zero-order valence-electron chi connectivity index (χ0n) is 14.0. The maximum absolute atomic E-state index is 13.0. The van der Waals surface area contributed by atoms with E-state index in [1.807, 2.05) is 25.1 Å². The summed E-state index contributed by atoms with van der Waals surface area (Å²) in [7, 11) is 0. The van der Waals surface area contributed by atoms with Gasteiger partial charge in [0.15, 0.2) is 5.65 Å². The van der Waals surface area contributed by atoms with Gasteiger partial charge >= 0.3 is 6.18 Å². The second kappa shape index (κ2) is 6.35. The fraction of sp³-hybridized carbons (Fsp3) is 0.111. The highest BCUT2D eigenvalue weighted by molar-refractivity contribution is 6.03. The predicted octanol–water partition coefficient (Wildman–Crippen LogP) is 4.28. The molecule has 2 heterocycles. The lowest BCUT2D eigenvalue weighted by molar-refractivity contribution is -0.137. The topological polar surface area (TPSA) is 78.9 Å². The van der Waals surface area contributed by atoms with Crippen molar-refractivity contribution in [2.24, 2.45) is 5.10 Å². The number of benzene rings is 2. The summed E-state index contributed by atoms with van der Waals surface area (Å²) in [5, 5.41) is 12.8. The first-order chi connectivity index (χ1) is 12.9. The van der Waals surface area contributed by atoms with Gasteiger partial charge in [0.2, 0.25) is 0 Å². The molecule has 0 atom stereocenters. The summed E-state index contributed by atoms with van der Waals surface area (Å²) in [6.07, 6.45) is -3.38. The van der Waals surface area contributed by atoms with Gasteiger partial charge in [-0.15, -0.1) is 10.2 Å². The van der Waals surface area contributed by atoms with Crippen LogP contribution < -0.4 is 5.43 Å². The number of alkyl halides is 3. The minimum atomic E-state index is -4.46. The van der Waals surface area contributed by atoms with Crippen molar-refractivity contribution in [3.8, 4) is 0 Å². The molecule has 0 amide bonds. The van der Waals surface area contributed by atoms with Crippen LogP contribution in [-0.2, 0) is 6.18 Å². The van der Waals surface area contributed by atoms with Crippen LogP contribution >= 0.6 is 0 Å². The lowest BCUT2D eigenvalue weighted by Gasteiger charge is -2.09. The monoisotopic (exact) mass is 370 g/mol. The third-order valence-corrected chi connectivity index (χ3v) is 4.00. The smallest absolute Gasteiger partial charge is 0.338 e.